The Kier molecular flexibility index (Phi) is 6.61. The third-order valence-corrected chi connectivity index (χ3v) is 5.96. The van der Waals surface area contributed by atoms with E-state index >= 15 is 0 Å². The second-order valence-corrected chi connectivity index (χ2v) is 8.29. The van der Waals surface area contributed by atoms with E-state index in [4.69, 9.17) is 5.73 Å². The molecule has 0 heterocycles. The predicted molar refractivity (Wildman–Crippen MR) is 113 cm³/mol. The maximum atomic E-state index is 14.4. The van der Waals surface area contributed by atoms with Crippen LogP contribution in [0, 0.1) is 24.1 Å². The summed E-state index contributed by atoms with van der Waals surface area (Å²) in [6.45, 7) is 3.36. The molecule has 1 saturated carbocycles. The minimum atomic E-state index is -4.73. The molecule has 0 bridgehead atoms. The maximum Gasteiger partial charge on any atom is 0.408 e. The van der Waals surface area contributed by atoms with Crippen LogP contribution in [0.5, 0.6) is 0 Å². The highest BCUT2D eigenvalue weighted by molar-refractivity contribution is 5.80. The van der Waals surface area contributed by atoms with Crippen LogP contribution in [0.15, 0.2) is 42.5 Å². The van der Waals surface area contributed by atoms with E-state index in [0.29, 0.717) is 23.1 Å². The lowest BCUT2D eigenvalue weighted by atomic mass is 9.94. The summed E-state index contributed by atoms with van der Waals surface area (Å²) in [5.41, 5.74) is 5.78. The number of aryl methyl sites for hydroxylation is 1. The second kappa shape index (κ2) is 8.91. The summed E-state index contributed by atoms with van der Waals surface area (Å²) in [7, 11) is 0. The highest BCUT2D eigenvalue weighted by Crippen LogP contribution is 2.51. The number of nitrogens with two attached hydrogens (primary N) is 1. The first-order chi connectivity index (χ1) is 15.0. The molecule has 1 fully saturated rings. The molecule has 0 saturated heterocycles. The van der Waals surface area contributed by atoms with Crippen molar-refractivity contribution in [2.45, 2.75) is 63.3 Å². The Bertz CT molecular complexity index is 1020. The summed E-state index contributed by atoms with van der Waals surface area (Å²) >= 11 is 0. The van der Waals surface area contributed by atoms with Gasteiger partial charge in [-0.05, 0) is 60.6 Å². The van der Waals surface area contributed by atoms with Crippen molar-refractivity contribution >= 4 is 5.91 Å². The first-order valence-corrected chi connectivity index (χ1v) is 10.5. The number of halogens is 4. The van der Waals surface area contributed by atoms with Gasteiger partial charge >= 0.3 is 6.18 Å². The molecule has 3 rings (SSSR count). The van der Waals surface area contributed by atoms with E-state index in [1.807, 2.05) is 6.07 Å². The molecule has 32 heavy (non-hydrogen) atoms. The molecule has 0 spiro atoms. The highest BCUT2D eigenvalue weighted by atomic mass is 19.4. The van der Waals surface area contributed by atoms with Gasteiger partial charge in [0, 0.05) is 0 Å². The molecule has 1 amide bonds. The smallest absolute Gasteiger partial charge is 0.368 e. The third kappa shape index (κ3) is 4.63. The van der Waals surface area contributed by atoms with Crippen LogP contribution in [0.1, 0.15) is 49.8 Å². The standard InChI is InChI=1S/C24H25F4N3O/c1-3-4-20(22(30)32)31(23(14-29)11-12-23)21(24(26,27)28)17-7-5-16(6-8-17)18-9-10-19(25)15(2)13-18/h5-10,13,20-21H,3-4,11-12H2,1-2H3,(H2,30,32)/t20-,21-/m0/s1. The minimum absolute atomic E-state index is 0.0797. The van der Waals surface area contributed by atoms with Gasteiger partial charge in [-0.1, -0.05) is 43.7 Å². The topological polar surface area (TPSA) is 70.1 Å². The molecule has 2 atom stereocenters. The first kappa shape index (κ1) is 23.7. The van der Waals surface area contributed by atoms with Gasteiger partial charge in [-0.2, -0.15) is 18.4 Å². The number of carbonyl (C=O) groups excluding carboxylic acids is 1. The number of hydrogen-bond acceptors (Lipinski definition) is 3. The van der Waals surface area contributed by atoms with Crippen LogP contribution in [-0.4, -0.2) is 28.6 Å². The van der Waals surface area contributed by atoms with Crippen molar-refractivity contribution < 1.29 is 22.4 Å². The molecule has 0 radical (unpaired) electrons. The van der Waals surface area contributed by atoms with Crippen molar-refractivity contribution in [1.29, 1.82) is 5.26 Å². The minimum Gasteiger partial charge on any atom is -0.368 e. The van der Waals surface area contributed by atoms with Crippen LogP contribution in [-0.2, 0) is 4.79 Å². The van der Waals surface area contributed by atoms with Crippen molar-refractivity contribution in [3.8, 4) is 17.2 Å². The van der Waals surface area contributed by atoms with E-state index in [1.165, 1.54) is 30.3 Å². The summed E-state index contributed by atoms with van der Waals surface area (Å²) in [6.07, 6.45) is -3.67. The molecular weight excluding hydrogens is 422 g/mol. The van der Waals surface area contributed by atoms with E-state index in [0.717, 1.165) is 4.90 Å². The summed E-state index contributed by atoms with van der Waals surface area (Å²) in [5, 5.41) is 9.69. The molecule has 8 heteroatoms. The zero-order valence-electron chi connectivity index (χ0n) is 17.9. The maximum absolute atomic E-state index is 14.4. The van der Waals surface area contributed by atoms with Gasteiger partial charge in [0.15, 0.2) is 0 Å². The molecule has 2 N–H and O–H groups in total. The second-order valence-electron chi connectivity index (χ2n) is 8.29. The van der Waals surface area contributed by atoms with Gasteiger partial charge in [-0.3, -0.25) is 9.69 Å². The number of rotatable bonds is 8. The Morgan fingerprint density at radius 1 is 1.19 bits per heavy atom. The zero-order valence-corrected chi connectivity index (χ0v) is 17.9. The van der Waals surface area contributed by atoms with E-state index < -0.39 is 29.7 Å². The van der Waals surface area contributed by atoms with Gasteiger partial charge in [-0.25, -0.2) is 4.39 Å². The average molecular weight is 447 g/mol. The van der Waals surface area contributed by atoms with E-state index in [1.54, 1.807) is 26.0 Å². The van der Waals surface area contributed by atoms with Gasteiger partial charge in [0.1, 0.15) is 17.4 Å². The largest absolute Gasteiger partial charge is 0.408 e. The molecule has 170 valence electrons. The Hall–Kier alpha value is -2.92. The van der Waals surface area contributed by atoms with Crippen LogP contribution in [0.3, 0.4) is 0 Å². The Labute approximate surface area is 184 Å². The molecule has 2 aromatic rings. The lowest BCUT2D eigenvalue weighted by Crippen LogP contribution is -2.55. The van der Waals surface area contributed by atoms with Gasteiger partial charge < -0.3 is 5.73 Å². The van der Waals surface area contributed by atoms with E-state index in [9.17, 15) is 27.6 Å². The number of nitriles is 1. The first-order valence-electron chi connectivity index (χ1n) is 10.5. The van der Waals surface area contributed by atoms with Crippen molar-refractivity contribution in [2.24, 2.45) is 5.73 Å². The molecular formula is C24H25F4N3O. The SMILES string of the molecule is CCC[C@@H](C(N)=O)N([C@@H](c1ccc(-c2ccc(F)c(C)c2)cc1)C(F)(F)F)C1(C#N)CC1. The normalized spacial score (nSPS) is 16.9. The molecule has 4 nitrogen and oxygen atoms in total. The monoisotopic (exact) mass is 447 g/mol. The molecule has 0 aliphatic heterocycles. The van der Waals surface area contributed by atoms with Gasteiger partial charge in [-0.15, -0.1) is 0 Å². The quantitative estimate of drug-likeness (QED) is 0.550. The molecule has 0 unspecified atom stereocenters. The van der Waals surface area contributed by atoms with Crippen molar-refractivity contribution in [2.75, 3.05) is 0 Å². The van der Waals surface area contributed by atoms with Crippen LogP contribution in [0.25, 0.3) is 11.1 Å². The van der Waals surface area contributed by atoms with E-state index in [2.05, 4.69) is 0 Å². The number of amides is 1. The number of alkyl halides is 3. The third-order valence-electron chi connectivity index (χ3n) is 5.96. The Morgan fingerprint density at radius 2 is 1.78 bits per heavy atom. The lowest BCUT2D eigenvalue weighted by molar-refractivity contribution is -0.199. The fraction of sp³-hybridized carbons (Fsp3) is 0.417. The summed E-state index contributed by atoms with van der Waals surface area (Å²) in [5.74, 6) is -1.24. The summed E-state index contributed by atoms with van der Waals surface area (Å²) < 4.78 is 56.7. The number of hydrogen-bond donors (Lipinski definition) is 1. The van der Waals surface area contributed by atoms with Crippen molar-refractivity contribution in [1.82, 2.24) is 4.90 Å². The van der Waals surface area contributed by atoms with Crippen LogP contribution >= 0.6 is 0 Å². The highest BCUT2D eigenvalue weighted by Gasteiger charge is 2.60. The average Bonchev–Trinajstić information content (AvgIpc) is 3.53. The number of primary amides is 1. The van der Waals surface area contributed by atoms with Gasteiger partial charge in [0.05, 0.1) is 12.1 Å². The van der Waals surface area contributed by atoms with Crippen molar-refractivity contribution in [3.05, 3.63) is 59.4 Å². The fourth-order valence-corrected chi connectivity index (χ4v) is 4.15. The Balaban J connectivity index is 2.07. The zero-order chi connectivity index (χ0) is 23.7. The van der Waals surface area contributed by atoms with E-state index in [-0.39, 0.29) is 30.6 Å². The fourth-order valence-electron chi connectivity index (χ4n) is 4.15. The number of carbonyl (C=O) groups is 1. The van der Waals surface area contributed by atoms with Crippen LogP contribution < -0.4 is 5.73 Å². The predicted octanol–water partition coefficient (Wildman–Crippen LogP) is 5.42. The number of benzene rings is 2. The summed E-state index contributed by atoms with van der Waals surface area (Å²) in [4.78, 5) is 13.1. The Morgan fingerprint density at radius 3 is 2.22 bits per heavy atom. The van der Waals surface area contributed by atoms with Crippen LogP contribution in [0.4, 0.5) is 17.6 Å². The number of nitrogens with zero attached hydrogens (tertiary/aromatic N) is 2. The van der Waals surface area contributed by atoms with Gasteiger partial charge in [0.2, 0.25) is 5.91 Å². The molecule has 2 aromatic carbocycles. The van der Waals surface area contributed by atoms with Gasteiger partial charge in [0.25, 0.3) is 0 Å². The van der Waals surface area contributed by atoms with Crippen LogP contribution in [0.2, 0.25) is 0 Å². The summed E-state index contributed by atoms with van der Waals surface area (Å²) in [6, 6.07) is 8.87. The lowest BCUT2D eigenvalue weighted by Gasteiger charge is -2.41. The molecule has 1 aliphatic rings. The van der Waals surface area contributed by atoms with Crippen molar-refractivity contribution in [3.63, 3.8) is 0 Å². The molecule has 1 aliphatic carbocycles. The molecule has 0 aromatic heterocycles.